The van der Waals surface area contributed by atoms with Crippen LogP contribution in [0.4, 0.5) is 0 Å². The van der Waals surface area contributed by atoms with Gasteiger partial charge < -0.3 is 15.5 Å². The van der Waals surface area contributed by atoms with Gasteiger partial charge in [0, 0.05) is 35.9 Å². The van der Waals surface area contributed by atoms with Crippen LogP contribution in [0.15, 0.2) is 36.7 Å². The summed E-state index contributed by atoms with van der Waals surface area (Å²) in [6.07, 6.45) is 4.39. The second kappa shape index (κ2) is 7.56. The van der Waals surface area contributed by atoms with Crippen LogP contribution in [0.3, 0.4) is 0 Å². The maximum absolute atomic E-state index is 12.7. The van der Waals surface area contributed by atoms with Gasteiger partial charge in [0.25, 0.3) is 0 Å². The van der Waals surface area contributed by atoms with Gasteiger partial charge in [0.2, 0.25) is 11.8 Å². The number of aromatic nitrogens is 2. The van der Waals surface area contributed by atoms with Crippen LogP contribution in [-0.2, 0) is 16.1 Å². The maximum Gasteiger partial charge on any atom is 0.246 e. The largest absolute Gasteiger partial charge is 0.342 e. The molecule has 148 valence electrons. The molecule has 1 aromatic carbocycles. The monoisotopic (exact) mass is 401 g/mol. The van der Waals surface area contributed by atoms with Crippen LogP contribution in [0.5, 0.6) is 0 Å². The molecule has 2 aliphatic rings. The number of amides is 2. The summed E-state index contributed by atoms with van der Waals surface area (Å²) in [7, 11) is 0. The molecular formula is C20H24ClN5O2. The van der Waals surface area contributed by atoms with Crippen molar-refractivity contribution in [2.45, 2.75) is 44.9 Å². The third-order valence-corrected chi connectivity index (χ3v) is 5.66. The predicted octanol–water partition coefficient (Wildman–Crippen LogP) is 1.74. The molecule has 2 aliphatic heterocycles. The Morgan fingerprint density at radius 1 is 1.36 bits per heavy atom. The molecule has 0 radical (unpaired) electrons. The molecule has 0 bridgehead atoms. The van der Waals surface area contributed by atoms with Gasteiger partial charge >= 0.3 is 0 Å². The Morgan fingerprint density at radius 3 is 2.93 bits per heavy atom. The zero-order valence-electron chi connectivity index (χ0n) is 15.9. The van der Waals surface area contributed by atoms with Crippen LogP contribution in [-0.4, -0.2) is 51.2 Å². The van der Waals surface area contributed by atoms with E-state index in [2.05, 4.69) is 15.7 Å². The van der Waals surface area contributed by atoms with E-state index in [1.807, 2.05) is 50.5 Å². The van der Waals surface area contributed by atoms with Gasteiger partial charge in [-0.05, 0) is 30.5 Å². The van der Waals surface area contributed by atoms with Gasteiger partial charge in [0.05, 0.1) is 11.9 Å². The number of fused-ring (bicyclic) bond motifs is 1. The van der Waals surface area contributed by atoms with Gasteiger partial charge in [-0.1, -0.05) is 31.5 Å². The second-order valence-electron chi connectivity index (χ2n) is 7.82. The molecule has 0 spiro atoms. The first-order chi connectivity index (χ1) is 13.4. The number of hydrogen-bond acceptors (Lipinski definition) is 4. The molecule has 2 amide bonds. The molecule has 2 N–H and O–H groups in total. The Hall–Kier alpha value is -2.38. The summed E-state index contributed by atoms with van der Waals surface area (Å²) >= 11 is 6.04. The molecular weight excluding hydrogens is 378 g/mol. The molecule has 2 fully saturated rings. The summed E-state index contributed by atoms with van der Waals surface area (Å²) in [5, 5.41) is 11.4. The molecule has 3 heterocycles. The number of hydrogen-bond donors (Lipinski definition) is 2. The van der Waals surface area contributed by atoms with Crippen molar-refractivity contribution >= 4 is 23.4 Å². The Morgan fingerprint density at radius 2 is 2.18 bits per heavy atom. The lowest BCUT2D eigenvalue weighted by Gasteiger charge is -2.36. The topological polar surface area (TPSA) is 79.3 Å². The van der Waals surface area contributed by atoms with Crippen LogP contribution in [0.25, 0.3) is 5.69 Å². The fourth-order valence-electron chi connectivity index (χ4n) is 3.89. The number of carbonyl (C=O) groups is 2. The minimum atomic E-state index is -0.418. The number of nitrogens with zero attached hydrogens (tertiary/aromatic N) is 3. The lowest BCUT2D eigenvalue weighted by molar-refractivity contribution is -0.148. The van der Waals surface area contributed by atoms with E-state index in [1.54, 1.807) is 9.58 Å². The van der Waals surface area contributed by atoms with Gasteiger partial charge in [0.15, 0.2) is 0 Å². The molecule has 7 nitrogen and oxygen atoms in total. The van der Waals surface area contributed by atoms with E-state index >= 15 is 0 Å². The minimum Gasteiger partial charge on any atom is -0.342 e. The van der Waals surface area contributed by atoms with Gasteiger partial charge in [-0.25, -0.2) is 4.68 Å². The average molecular weight is 402 g/mol. The lowest BCUT2D eigenvalue weighted by atomic mass is 9.98. The molecule has 2 saturated heterocycles. The van der Waals surface area contributed by atoms with Crippen LogP contribution >= 0.6 is 11.6 Å². The summed E-state index contributed by atoms with van der Waals surface area (Å²) in [6, 6.07) is 6.81. The van der Waals surface area contributed by atoms with E-state index in [0.29, 0.717) is 24.5 Å². The Kier molecular flexibility index (Phi) is 5.12. The van der Waals surface area contributed by atoms with E-state index in [-0.39, 0.29) is 29.8 Å². The highest BCUT2D eigenvalue weighted by molar-refractivity contribution is 6.30. The normalized spacial score (nSPS) is 24.6. The first-order valence-electron chi connectivity index (χ1n) is 9.56. The lowest BCUT2D eigenvalue weighted by Crippen LogP contribution is -2.62. The third kappa shape index (κ3) is 3.64. The highest BCUT2D eigenvalue weighted by Gasteiger charge is 2.46. The van der Waals surface area contributed by atoms with Gasteiger partial charge in [0.1, 0.15) is 12.1 Å². The number of benzene rings is 1. The van der Waals surface area contributed by atoms with Crippen molar-refractivity contribution in [1.82, 2.24) is 25.3 Å². The second-order valence-corrected chi connectivity index (χ2v) is 8.26. The van der Waals surface area contributed by atoms with Crippen molar-refractivity contribution in [3.05, 3.63) is 47.2 Å². The number of carbonyl (C=O) groups excluding carboxylic acids is 2. The SMILES string of the molecule is CC(C)[C@H]1NC(=O)[C@@H]2C[C@H](NCc3cnn(-c4cccc(Cl)c4)c3)CN2C1=O. The van der Waals surface area contributed by atoms with Crippen molar-refractivity contribution in [3.63, 3.8) is 0 Å². The van der Waals surface area contributed by atoms with E-state index in [9.17, 15) is 9.59 Å². The van der Waals surface area contributed by atoms with Gasteiger partial charge in [-0.2, -0.15) is 5.10 Å². The number of nitrogens with one attached hydrogen (secondary N) is 2. The predicted molar refractivity (Wildman–Crippen MR) is 106 cm³/mol. The molecule has 2 aromatic rings. The highest BCUT2D eigenvalue weighted by atomic mass is 35.5. The Balaban J connectivity index is 1.38. The Labute approximate surface area is 169 Å². The van der Waals surface area contributed by atoms with E-state index in [4.69, 9.17) is 11.6 Å². The van der Waals surface area contributed by atoms with Crippen molar-refractivity contribution < 1.29 is 9.59 Å². The standard InChI is InChI=1S/C20H24ClN5O2/c1-12(2)18-20(28)25-11-15(7-17(25)19(27)24-18)22-8-13-9-23-26(10-13)16-5-3-4-14(21)6-16/h3-6,9-10,12,15,17-18,22H,7-8,11H2,1-2H3,(H,24,27)/t15-,17-,18+/m0/s1. The molecule has 0 unspecified atom stereocenters. The highest BCUT2D eigenvalue weighted by Crippen LogP contribution is 2.25. The van der Waals surface area contributed by atoms with Crippen molar-refractivity contribution in [2.75, 3.05) is 6.54 Å². The van der Waals surface area contributed by atoms with Crippen molar-refractivity contribution in [3.8, 4) is 5.69 Å². The average Bonchev–Trinajstić information content (AvgIpc) is 3.30. The van der Waals surface area contributed by atoms with Crippen molar-refractivity contribution in [2.24, 2.45) is 5.92 Å². The molecule has 3 atom stereocenters. The number of halogens is 1. The van der Waals surface area contributed by atoms with Crippen LogP contribution in [0, 0.1) is 5.92 Å². The van der Waals surface area contributed by atoms with E-state index in [1.165, 1.54) is 0 Å². The fourth-order valence-corrected chi connectivity index (χ4v) is 4.08. The zero-order chi connectivity index (χ0) is 19.8. The summed E-state index contributed by atoms with van der Waals surface area (Å²) in [5.74, 6) is 0.0655. The summed E-state index contributed by atoms with van der Waals surface area (Å²) in [6.45, 7) is 5.08. The summed E-state index contributed by atoms with van der Waals surface area (Å²) in [5.41, 5.74) is 1.93. The quantitative estimate of drug-likeness (QED) is 0.799. The van der Waals surface area contributed by atoms with Crippen LogP contribution in [0.2, 0.25) is 5.02 Å². The van der Waals surface area contributed by atoms with E-state index in [0.717, 1.165) is 11.3 Å². The molecule has 8 heteroatoms. The van der Waals surface area contributed by atoms with Crippen LogP contribution < -0.4 is 10.6 Å². The van der Waals surface area contributed by atoms with Gasteiger partial charge in [-0.15, -0.1) is 0 Å². The first kappa shape index (κ1) is 19.0. The van der Waals surface area contributed by atoms with Crippen molar-refractivity contribution in [1.29, 1.82) is 0 Å². The Bertz CT molecular complexity index is 896. The molecule has 1 aromatic heterocycles. The summed E-state index contributed by atoms with van der Waals surface area (Å²) in [4.78, 5) is 26.8. The minimum absolute atomic E-state index is 0.0256. The summed E-state index contributed by atoms with van der Waals surface area (Å²) < 4.78 is 1.78. The number of piperazine rings is 1. The third-order valence-electron chi connectivity index (χ3n) is 5.42. The van der Waals surface area contributed by atoms with E-state index < -0.39 is 6.04 Å². The molecule has 4 rings (SSSR count). The van der Waals surface area contributed by atoms with Crippen LogP contribution in [0.1, 0.15) is 25.8 Å². The molecule has 0 aliphatic carbocycles. The maximum atomic E-state index is 12.7. The zero-order valence-corrected chi connectivity index (χ0v) is 16.7. The fraction of sp³-hybridized carbons (Fsp3) is 0.450. The first-order valence-corrected chi connectivity index (χ1v) is 9.94. The molecule has 28 heavy (non-hydrogen) atoms. The smallest absolute Gasteiger partial charge is 0.246 e. The number of rotatable bonds is 5. The molecule has 0 saturated carbocycles. The van der Waals surface area contributed by atoms with Gasteiger partial charge in [-0.3, -0.25) is 9.59 Å².